The van der Waals surface area contributed by atoms with Gasteiger partial charge in [0.15, 0.2) is 0 Å². The van der Waals surface area contributed by atoms with Gasteiger partial charge in [0.25, 0.3) is 0 Å². The molecule has 0 saturated carbocycles. The molecule has 0 bridgehead atoms. The molecule has 17 heavy (non-hydrogen) atoms. The summed E-state index contributed by atoms with van der Waals surface area (Å²) in [6, 6.07) is 6.96. The van der Waals surface area contributed by atoms with E-state index in [1.165, 1.54) is 26.7 Å². The largest absolute Gasteiger partial charge is 0.309 e. The Hall–Kier alpha value is -0.640. The van der Waals surface area contributed by atoms with E-state index in [1.54, 1.807) is 11.3 Å². The monoisotopic (exact) mass is 309 g/mol. The van der Waals surface area contributed by atoms with E-state index >= 15 is 0 Å². The van der Waals surface area contributed by atoms with Crippen LogP contribution in [0.5, 0.6) is 0 Å². The summed E-state index contributed by atoms with van der Waals surface area (Å²) >= 11 is 5.35. The second-order valence-corrected chi connectivity index (χ2v) is 5.82. The molecule has 0 radical (unpaired) electrons. The minimum Gasteiger partial charge on any atom is -0.309 e. The molecular formula is C14H16BrNS. The molecule has 1 nitrogen and oxygen atoms in total. The van der Waals surface area contributed by atoms with Crippen LogP contribution in [0, 0.1) is 13.8 Å². The van der Waals surface area contributed by atoms with Crippen LogP contribution in [0.3, 0.4) is 0 Å². The molecule has 2 rings (SSSR count). The maximum absolute atomic E-state index is 3.61. The van der Waals surface area contributed by atoms with Crippen molar-refractivity contribution in [2.24, 2.45) is 0 Å². The van der Waals surface area contributed by atoms with Crippen LogP contribution < -0.4 is 5.32 Å². The van der Waals surface area contributed by atoms with Crippen molar-refractivity contribution >= 4 is 27.3 Å². The molecule has 0 saturated heterocycles. The van der Waals surface area contributed by atoms with Crippen molar-refractivity contribution in [1.82, 2.24) is 5.32 Å². The molecule has 0 aliphatic carbocycles. The van der Waals surface area contributed by atoms with Crippen molar-refractivity contribution < 1.29 is 0 Å². The van der Waals surface area contributed by atoms with Crippen LogP contribution in [0.2, 0.25) is 0 Å². The highest BCUT2D eigenvalue weighted by Gasteiger charge is 2.14. The van der Waals surface area contributed by atoms with E-state index in [9.17, 15) is 0 Å². The van der Waals surface area contributed by atoms with Gasteiger partial charge < -0.3 is 5.32 Å². The van der Waals surface area contributed by atoms with Crippen molar-refractivity contribution in [3.8, 4) is 0 Å². The Bertz CT molecular complexity index is 482. The Balaban J connectivity index is 2.45. The van der Waals surface area contributed by atoms with Crippen LogP contribution in [-0.4, -0.2) is 7.05 Å². The molecule has 1 heterocycles. The minimum atomic E-state index is 0.284. The van der Waals surface area contributed by atoms with Crippen molar-refractivity contribution in [3.63, 3.8) is 0 Å². The predicted octanol–water partition coefficient (Wildman–Crippen LogP) is 4.44. The summed E-state index contributed by atoms with van der Waals surface area (Å²) in [4.78, 5) is 0. The van der Waals surface area contributed by atoms with E-state index < -0.39 is 0 Å². The zero-order chi connectivity index (χ0) is 12.4. The highest BCUT2D eigenvalue weighted by molar-refractivity contribution is 9.10. The summed E-state index contributed by atoms with van der Waals surface area (Å²) < 4.78 is 1.21. The highest BCUT2D eigenvalue weighted by Crippen LogP contribution is 2.29. The third-order valence-corrected chi connectivity index (χ3v) is 4.91. The van der Waals surface area contributed by atoms with E-state index in [4.69, 9.17) is 0 Å². The molecular weight excluding hydrogens is 294 g/mol. The van der Waals surface area contributed by atoms with Crippen molar-refractivity contribution in [2.75, 3.05) is 7.05 Å². The Morgan fingerprint density at radius 2 is 1.82 bits per heavy atom. The summed E-state index contributed by atoms with van der Waals surface area (Å²) in [5.41, 5.74) is 5.23. The van der Waals surface area contributed by atoms with E-state index in [0.29, 0.717) is 0 Å². The van der Waals surface area contributed by atoms with E-state index in [1.807, 2.05) is 7.05 Å². The average Bonchev–Trinajstić information content (AvgIpc) is 2.80. The zero-order valence-electron chi connectivity index (χ0n) is 10.3. The Kier molecular flexibility index (Phi) is 4.02. The van der Waals surface area contributed by atoms with E-state index in [2.05, 4.69) is 64.1 Å². The van der Waals surface area contributed by atoms with E-state index in [-0.39, 0.29) is 6.04 Å². The van der Waals surface area contributed by atoms with Gasteiger partial charge in [-0.1, -0.05) is 28.1 Å². The first kappa shape index (κ1) is 12.8. The molecule has 1 aromatic carbocycles. The molecule has 3 heteroatoms. The molecule has 1 atom stereocenters. The Labute approximate surface area is 115 Å². The fourth-order valence-corrected chi connectivity index (χ4v) is 3.03. The van der Waals surface area contributed by atoms with Crippen molar-refractivity contribution in [3.05, 3.63) is 55.7 Å². The molecule has 0 aliphatic heterocycles. The first-order valence-corrected chi connectivity index (χ1v) is 7.33. The van der Waals surface area contributed by atoms with Crippen LogP contribution in [0.4, 0.5) is 0 Å². The van der Waals surface area contributed by atoms with Crippen LogP contribution in [0.1, 0.15) is 28.3 Å². The zero-order valence-corrected chi connectivity index (χ0v) is 12.7. The number of halogens is 1. The molecule has 0 spiro atoms. The van der Waals surface area contributed by atoms with Gasteiger partial charge in [-0.3, -0.25) is 0 Å². The lowest BCUT2D eigenvalue weighted by molar-refractivity contribution is 0.693. The molecule has 0 amide bonds. The van der Waals surface area contributed by atoms with Gasteiger partial charge >= 0.3 is 0 Å². The van der Waals surface area contributed by atoms with Gasteiger partial charge in [-0.25, -0.2) is 0 Å². The summed E-state index contributed by atoms with van der Waals surface area (Å²) in [7, 11) is 2.01. The molecule has 90 valence electrons. The smallest absolute Gasteiger partial charge is 0.0582 e. The van der Waals surface area contributed by atoms with Gasteiger partial charge in [0.2, 0.25) is 0 Å². The van der Waals surface area contributed by atoms with Crippen molar-refractivity contribution in [2.45, 2.75) is 19.9 Å². The first-order valence-electron chi connectivity index (χ1n) is 5.59. The first-order chi connectivity index (χ1) is 8.13. The van der Waals surface area contributed by atoms with Crippen LogP contribution in [0.15, 0.2) is 33.4 Å². The normalized spacial score (nSPS) is 12.7. The third kappa shape index (κ3) is 2.62. The van der Waals surface area contributed by atoms with Crippen LogP contribution >= 0.6 is 27.3 Å². The number of benzene rings is 1. The van der Waals surface area contributed by atoms with E-state index in [0.717, 1.165) is 0 Å². The summed E-state index contributed by atoms with van der Waals surface area (Å²) in [6.07, 6.45) is 0. The third-order valence-electron chi connectivity index (χ3n) is 2.96. The van der Waals surface area contributed by atoms with Gasteiger partial charge in [0, 0.05) is 4.47 Å². The lowest BCUT2D eigenvalue weighted by Crippen LogP contribution is -2.17. The Morgan fingerprint density at radius 3 is 2.29 bits per heavy atom. The van der Waals surface area contributed by atoms with Gasteiger partial charge in [-0.2, -0.15) is 11.3 Å². The highest BCUT2D eigenvalue weighted by atomic mass is 79.9. The molecule has 2 aromatic rings. The average molecular weight is 310 g/mol. The summed E-state index contributed by atoms with van der Waals surface area (Å²) in [6.45, 7) is 4.28. The summed E-state index contributed by atoms with van der Waals surface area (Å²) in [5, 5.41) is 7.71. The number of hydrogen-bond donors (Lipinski definition) is 1. The fraction of sp³-hybridized carbons (Fsp3) is 0.286. The molecule has 0 aliphatic rings. The standard InChI is InChI=1S/C14H16BrNS/c1-9-6-12(7-10(2)13(9)15)14(16-3)11-4-5-17-8-11/h4-8,14,16H,1-3H3. The van der Waals surface area contributed by atoms with Crippen LogP contribution in [-0.2, 0) is 0 Å². The molecule has 1 N–H and O–H groups in total. The minimum absolute atomic E-state index is 0.284. The molecule has 0 fully saturated rings. The maximum atomic E-state index is 3.61. The second-order valence-electron chi connectivity index (χ2n) is 4.25. The Morgan fingerprint density at radius 1 is 1.18 bits per heavy atom. The number of nitrogens with one attached hydrogen (secondary N) is 1. The number of thiophene rings is 1. The maximum Gasteiger partial charge on any atom is 0.0582 e. The van der Waals surface area contributed by atoms with Crippen LogP contribution in [0.25, 0.3) is 0 Å². The predicted molar refractivity (Wildman–Crippen MR) is 78.8 cm³/mol. The SMILES string of the molecule is CNC(c1ccsc1)c1cc(C)c(Br)c(C)c1. The molecule has 1 aromatic heterocycles. The van der Waals surface area contributed by atoms with Gasteiger partial charge in [-0.05, 0) is 60.0 Å². The second kappa shape index (κ2) is 5.34. The number of rotatable bonds is 3. The van der Waals surface area contributed by atoms with Crippen molar-refractivity contribution in [1.29, 1.82) is 0 Å². The van der Waals surface area contributed by atoms with Gasteiger partial charge in [-0.15, -0.1) is 0 Å². The fourth-order valence-electron chi connectivity index (χ4n) is 2.11. The van der Waals surface area contributed by atoms with Gasteiger partial charge in [0.1, 0.15) is 0 Å². The van der Waals surface area contributed by atoms with Gasteiger partial charge in [0.05, 0.1) is 6.04 Å². The molecule has 1 unspecified atom stereocenters. The topological polar surface area (TPSA) is 12.0 Å². The summed E-state index contributed by atoms with van der Waals surface area (Å²) in [5.74, 6) is 0. The lowest BCUT2D eigenvalue weighted by atomic mass is 9.97. The number of aryl methyl sites for hydroxylation is 2. The lowest BCUT2D eigenvalue weighted by Gasteiger charge is -2.18. The quantitative estimate of drug-likeness (QED) is 0.884. The number of hydrogen-bond acceptors (Lipinski definition) is 2.